The Hall–Kier alpha value is -5.77. The first-order chi connectivity index (χ1) is 21.3. The standard InChI is InChI=1S/C34H24O10/c1-39-27-8-4-6-22-19(16-29(37)43-32(22)27)13-20-14-24-30(40-2)23-12-17(9-10-26(23)41-34(24)44-33(20)38)11-18-15-28(36)42-31-21(18)5-3-7-25(31)35/h3-10,12,14-16,34-35H,11,13H2,1-2H3. The van der Waals surface area contributed by atoms with E-state index in [-0.39, 0.29) is 17.8 Å². The highest BCUT2D eigenvalue weighted by molar-refractivity contribution is 5.94. The lowest BCUT2D eigenvalue weighted by Gasteiger charge is -2.32. The van der Waals surface area contributed by atoms with Gasteiger partial charge in [0.25, 0.3) is 6.29 Å². The van der Waals surface area contributed by atoms with E-state index >= 15 is 0 Å². The molecule has 2 aliphatic rings. The molecule has 3 aromatic carbocycles. The Balaban J connectivity index is 1.29. The number of hydrogen-bond acceptors (Lipinski definition) is 10. The van der Waals surface area contributed by atoms with E-state index < -0.39 is 23.5 Å². The van der Waals surface area contributed by atoms with Gasteiger partial charge in [0.05, 0.1) is 25.4 Å². The number of hydrogen-bond donors (Lipinski definition) is 1. The fourth-order valence-corrected chi connectivity index (χ4v) is 5.74. The lowest BCUT2D eigenvalue weighted by atomic mass is 9.94. The molecule has 0 saturated carbocycles. The summed E-state index contributed by atoms with van der Waals surface area (Å²) in [6.07, 6.45) is 1.09. The molecule has 5 aromatic rings. The number of methoxy groups -OCH3 is 2. The number of phenolic OH excluding ortho intramolecular Hbond substituents is 1. The Morgan fingerprint density at radius 2 is 1.48 bits per heavy atom. The first-order valence-electron chi connectivity index (χ1n) is 13.7. The van der Waals surface area contributed by atoms with E-state index in [0.29, 0.717) is 67.9 Å². The molecule has 2 aromatic heterocycles. The van der Waals surface area contributed by atoms with Crippen LogP contribution in [0.4, 0.5) is 0 Å². The molecule has 10 heteroatoms. The summed E-state index contributed by atoms with van der Waals surface area (Å²) in [6, 6.07) is 18.4. The van der Waals surface area contributed by atoms with Crippen molar-refractivity contribution >= 4 is 33.7 Å². The van der Waals surface area contributed by atoms with Crippen molar-refractivity contribution in [1.82, 2.24) is 0 Å². The monoisotopic (exact) mass is 592 g/mol. The second-order valence-electron chi connectivity index (χ2n) is 10.4. The number of para-hydroxylation sites is 2. The predicted molar refractivity (Wildman–Crippen MR) is 159 cm³/mol. The van der Waals surface area contributed by atoms with Gasteiger partial charge in [0.2, 0.25) is 0 Å². The van der Waals surface area contributed by atoms with E-state index in [2.05, 4.69) is 0 Å². The maximum Gasteiger partial charge on any atom is 0.337 e. The molecular weight excluding hydrogens is 568 g/mol. The molecule has 4 heterocycles. The highest BCUT2D eigenvalue weighted by Gasteiger charge is 2.36. The van der Waals surface area contributed by atoms with Crippen molar-refractivity contribution in [3.63, 3.8) is 0 Å². The third-order valence-corrected chi connectivity index (χ3v) is 7.70. The number of ether oxygens (including phenoxy) is 4. The Bertz CT molecular complexity index is 2180. The fraction of sp³-hybridized carbons (Fsp3) is 0.147. The van der Waals surface area contributed by atoms with Crippen LogP contribution < -0.4 is 20.7 Å². The number of aromatic hydroxyl groups is 1. The summed E-state index contributed by atoms with van der Waals surface area (Å²) in [5.41, 5.74) is 2.81. The molecule has 44 heavy (non-hydrogen) atoms. The van der Waals surface area contributed by atoms with Gasteiger partial charge in [-0.15, -0.1) is 0 Å². The molecule has 220 valence electrons. The van der Waals surface area contributed by atoms with E-state index in [0.717, 1.165) is 5.56 Å². The maximum absolute atomic E-state index is 13.1. The summed E-state index contributed by atoms with van der Waals surface area (Å²) >= 11 is 0. The van der Waals surface area contributed by atoms with Crippen molar-refractivity contribution in [1.29, 1.82) is 0 Å². The Morgan fingerprint density at radius 3 is 2.23 bits per heavy atom. The van der Waals surface area contributed by atoms with Gasteiger partial charge in [-0.05, 0) is 53.5 Å². The van der Waals surface area contributed by atoms with Gasteiger partial charge in [0.1, 0.15) is 11.5 Å². The Morgan fingerprint density at radius 1 is 0.773 bits per heavy atom. The maximum atomic E-state index is 13.1. The topological polar surface area (TPSA) is 135 Å². The highest BCUT2D eigenvalue weighted by atomic mass is 16.7. The molecule has 2 aliphatic heterocycles. The third kappa shape index (κ3) is 4.57. The van der Waals surface area contributed by atoms with Crippen LogP contribution in [0.1, 0.15) is 22.3 Å². The van der Waals surface area contributed by atoms with Gasteiger partial charge in [0.15, 0.2) is 22.7 Å². The number of esters is 1. The second kappa shape index (κ2) is 10.5. The van der Waals surface area contributed by atoms with Gasteiger partial charge >= 0.3 is 17.2 Å². The van der Waals surface area contributed by atoms with Crippen molar-refractivity contribution in [2.24, 2.45) is 0 Å². The van der Waals surface area contributed by atoms with Crippen LogP contribution in [0.15, 0.2) is 102 Å². The molecule has 1 unspecified atom stereocenters. The molecule has 0 spiro atoms. The number of benzene rings is 3. The predicted octanol–water partition coefficient (Wildman–Crippen LogP) is 5.01. The van der Waals surface area contributed by atoms with E-state index in [1.165, 1.54) is 32.4 Å². The third-order valence-electron chi connectivity index (χ3n) is 7.70. The largest absolute Gasteiger partial charge is 0.504 e. The molecule has 0 fully saturated rings. The van der Waals surface area contributed by atoms with Gasteiger partial charge in [-0.1, -0.05) is 30.3 Å². The van der Waals surface area contributed by atoms with Crippen LogP contribution in [-0.2, 0) is 27.1 Å². The molecule has 0 saturated heterocycles. The minimum absolute atomic E-state index is 0.0880. The van der Waals surface area contributed by atoms with Crippen LogP contribution >= 0.6 is 0 Å². The number of carbonyl (C=O) groups is 1. The fourth-order valence-electron chi connectivity index (χ4n) is 5.74. The van der Waals surface area contributed by atoms with Crippen molar-refractivity contribution in [2.45, 2.75) is 19.1 Å². The zero-order valence-corrected chi connectivity index (χ0v) is 23.5. The van der Waals surface area contributed by atoms with Crippen LogP contribution in [0.5, 0.6) is 17.2 Å². The minimum atomic E-state index is -1.03. The van der Waals surface area contributed by atoms with Crippen molar-refractivity contribution in [2.75, 3.05) is 14.2 Å². The molecular formula is C34H24O10. The van der Waals surface area contributed by atoms with E-state index in [1.807, 2.05) is 12.1 Å². The average Bonchev–Trinajstić information content (AvgIpc) is 3.00. The number of fused-ring (bicyclic) bond motifs is 4. The molecule has 0 radical (unpaired) electrons. The van der Waals surface area contributed by atoms with Crippen molar-refractivity contribution < 1.29 is 37.7 Å². The molecule has 0 aliphatic carbocycles. The normalized spacial score (nSPS) is 15.7. The SMILES string of the molecule is COC1=C2C=C(Cc3cc(=O)oc4c(OC)cccc34)C(=O)OC2Oc2ccc(Cc3cc(=O)oc4c(O)cccc34)cc21. The van der Waals surface area contributed by atoms with E-state index in [1.54, 1.807) is 42.5 Å². The first kappa shape index (κ1) is 27.1. The molecule has 0 bridgehead atoms. The number of rotatable bonds is 6. The molecule has 1 atom stereocenters. The summed E-state index contributed by atoms with van der Waals surface area (Å²) in [4.78, 5) is 37.7. The van der Waals surface area contributed by atoms with Crippen molar-refractivity contribution in [3.05, 3.63) is 127 Å². The van der Waals surface area contributed by atoms with Crippen molar-refractivity contribution in [3.8, 4) is 17.2 Å². The summed E-state index contributed by atoms with van der Waals surface area (Å²) in [6.45, 7) is 0. The highest BCUT2D eigenvalue weighted by Crippen LogP contribution is 2.41. The summed E-state index contributed by atoms with van der Waals surface area (Å²) in [5, 5.41) is 11.5. The smallest absolute Gasteiger partial charge is 0.337 e. The molecule has 7 rings (SSSR count). The summed E-state index contributed by atoms with van der Waals surface area (Å²) in [5.74, 6) is 0.614. The van der Waals surface area contributed by atoms with E-state index in [4.69, 9.17) is 27.8 Å². The van der Waals surface area contributed by atoms with Crippen LogP contribution in [0, 0.1) is 0 Å². The van der Waals surface area contributed by atoms with Crippen LogP contribution in [-0.4, -0.2) is 31.6 Å². The van der Waals surface area contributed by atoms with Gasteiger partial charge < -0.3 is 32.9 Å². The summed E-state index contributed by atoms with van der Waals surface area (Å²) < 4.78 is 33.6. The van der Waals surface area contributed by atoms with Gasteiger partial charge in [-0.2, -0.15) is 0 Å². The van der Waals surface area contributed by atoms with Gasteiger partial charge in [0, 0.05) is 34.9 Å². The zero-order chi connectivity index (χ0) is 30.5. The Kier molecular flexibility index (Phi) is 6.46. The zero-order valence-electron chi connectivity index (χ0n) is 23.5. The first-order valence-corrected chi connectivity index (χ1v) is 13.7. The quantitative estimate of drug-likeness (QED) is 0.212. The minimum Gasteiger partial charge on any atom is -0.504 e. The lowest BCUT2D eigenvalue weighted by Crippen LogP contribution is -2.34. The van der Waals surface area contributed by atoms with E-state index in [9.17, 15) is 19.5 Å². The average molecular weight is 593 g/mol. The van der Waals surface area contributed by atoms with Gasteiger partial charge in [-0.25, -0.2) is 14.4 Å². The number of phenols is 1. The summed E-state index contributed by atoms with van der Waals surface area (Å²) in [7, 11) is 3.00. The van der Waals surface area contributed by atoms with Gasteiger partial charge in [-0.3, -0.25) is 0 Å². The second-order valence-corrected chi connectivity index (χ2v) is 10.4. The van der Waals surface area contributed by atoms with Crippen LogP contribution in [0.3, 0.4) is 0 Å². The van der Waals surface area contributed by atoms with Crippen LogP contribution in [0.2, 0.25) is 0 Å². The molecule has 0 amide bonds. The Labute approximate surface area is 249 Å². The van der Waals surface area contributed by atoms with Crippen LogP contribution in [0.25, 0.3) is 27.7 Å². The molecule has 10 nitrogen and oxygen atoms in total. The lowest BCUT2D eigenvalue weighted by molar-refractivity contribution is -0.155. The molecule has 1 N–H and O–H groups in total. The number of carbonyl (C=O) groups excluding carboxylic acids is 1.